The lowest BCUT2D eigenvalue weighted by molar-refractivity contribution is 0.134. The maximum absolute atomic E-state index is 10.9. The average molecular weight is 341 g/mol. The van der Waals surface area contributed by atoms with Crippen LogP contribution in [0, 0.1) is 5.92 Å². The molecule has 3 rings (SSSR count). The van der Waals surface area contributed by atoms with Gasteiger partial charge < -0.3 is 9.64 Å². The van der Waals surface area contributed by atoms with E-state index in [4.69, 9.17) is 4.74 Å². The molecule has 126 valence electrons. The summed E-state index contributed by atoms with van der Waals surface area (Å²) in [5.74, 6) is 1.03. The minimum Gasteiger partial charge on any atom is -0.492 e. The summed E-state index contributed by atoms with van der Waals surface area (Å²) < 4.78 is 10.3. The highest BCUT2D eigenvalue weighted by Gasteiger charge is 2.19. The minimum absolute atomic E-state index is 0. The second kappa shape index (κ2) is 8.12. The highest BCUT2D eigenvalue weighted by atomic mass is 35.5. The van der Waals surface area contributed by atoms with E-state index in [0.29, 0.717) is 24.0 Å². The van der Waals surface area contributed by atoms with Gasteiger partial charge in [-0.1, -0.05) is 12.1 Å². The number of H-pyrrole nitrogens is 1. The van der Waals surface area contributed by atoms with Gasteiger partial charge in [0.05, 0.1) is 12.8 Å². The quantitative estimate of drug-likeness (QED) is 0.895. The number of aromatic amines is 1. The molecule has 2 aromatic rings. The molecule has 0 aromatic carbocycles. The number of aromatic nitrogens is 3. The molecule has 23 heavy (non-hydrogen) atoms. The zero-order valence-corrected chi connectivity index (χ0v) is 13.8. The highest BCUT2D eigenvalue weighted by molar-refractivity contribution is 5.85. The number of hydrogen-bond donors (Lipinski definition) is 1. The Kier molecular flexibility index (Phi) is 6.18. The Labute approximate surface area is 140 Å². The Hall–Kier alpha value is -1.86. The van der Waals surface area contributed by atoms with Gasteiger partial charge in [0.2, 0.25) is 5.82 Å². The van der Waals surface area contributed by atoms with Crippen LogP contribution in [0.2, 0.25) is 0 Å². The number of nitrogens with one attached hydrogen (secondary N) is 1. The van der Waals surface area contributed by atoms with E-state index in [1.54, 1.807) is 12.3 Å². The number of halogens is 1. The third kappa shape index (κ3) is 4.56. The molecule has 0 saturated carbocycles. The predicted octanol–water partition coefficient (Wildman–Crippen LogP) is 1.96. The molecular formula is C15H21ClN4O3. The molecule has 0 aliphatic carbocycles. The van der Waals surface area contributed by atoms with E-state index in [0.717, 1.165) is 18.8 Å². The molecule has 0 spiro atoms. The Bertz CT molecular complexity index is 655. The van der Waals surface area contributed by atoms with Crippen molar-refractivity contribution < 1.29 is 9.26 Å². The zero-order chi connectivity index (χ0) is 15.4. The smallest absolute Gasteiger partial charge is 0.439 e. The molecule has 1 aliphatic rings. The Morgan fingerprint density at radius 3 is 3.00 bits per heavy atom. The number of pyridine rings is 1. The number of piperidine rings is 1. The number of nitrogens with zero attached hydrogens (tertiary/aromatic N) is 3. The average Bonchev–Trinajstić information content (AvgIpc) is 3.00. The van der Waals surface area contributed by atoms with Crippen molar-refractivity contribution >= 4 is 12.4 Å². The van der Waals surface area contributed by atoms with Gasteiger partial charge in [-0.15, -0.1) is 12.4 Å². The van der Waals surface area contributed by atoms with Gasteiger partial charge in [-0.25, -0.2) is 9.78 Å². The first-order valence-corrected chi connectivity index (χ1v) is 7.62. The summed E-state index contributed by atoms with van der Waals surface area (Å²) in [5.41, 5.74) is 0.549. The van der Waals surface area contributed by atoms with E-state index < -0.39 is 5.76 Å². The molecule has 3 heterocycles. The van der Waals surface area contributed by atoms with E-state index in [2.05, 4.69) is 31.5 Å². The van der Waals surface area contributed by atoms with Crippen molar-refractivity contribution in [2.45, 2.75) is 19.8 Å². The van der Waals surface area contributed by atoms with Crippen LogP contribution in [-0.4, -0.2) is 46.3 Å². The first-order chi connectivity index (χ1) is 10.7. The van der Waals surface area contributed by atoms with Crippen LogP contribution in [0.5, 0.6) is 5.75 Å². The van der Waals surface area contributed by atoms with Crippen molar-refractivity contribution in [1.29, 1.82) is 0 Å². The number of rotatable bonds is 5. The van der Waals surface area contributed by atoms with Crippen LogP contribution in [0.25, 0.3) is 11.5 Å². The summed E-state index contributed by atoms with van der Waals surface area (Å²) >= 11 is 0. The van der Waals surface area contributed by atoms with E-state index >= 15 is 0 Å². The van der Waals surface area contributed by atoms with Crippen molar-refractivity contribution in [2.24, 2.45) is 5.92 Å². The van der Waals surface area contributed by atoms with Gasteiger partial charge in [0.1, 0.15) is 11.4 Å². The van der Waals surface area contributed by atoms with Crippen LogP contribution in [0.3, 0.4) is 0 Å². The summed E-state index contributed by atoms with van der Waals surface area (Å²) in [5, 5.41) is 3.60. The molecule has 1 aliphatic heterocycles. The largest absolute Gasteiger partial charge is 0.492 e. The Morgan fingerprint density at radius 2 is 2.35 bits per heavy atom. The molecule has 1 fully saturated rings. The van der Waals surface area contributed by atoms with Crippen LogP contribution in [0.15, 0.2) is 27.6 Å². The summed E-state index contributed by atoms with van der Waals surface area (Å²) in [7, 11) is 0. The summed E-state index contributed by atoms with van der Waals surface area (Å²) in [4.78, 5) is 20.1. The Balaban J connectivity index is 0.00000192. The summed E-state index contributed by atoms with van der Waals surface area (Å²) in [6, 6.07) is 3.58. The first-order valence-electron chi connectivity index (χ1n) is 7.62. The minimum atomic E-state index is -0.588. The van der Waals surface area contributed by atoms with Gasteiger partial charge in [0, 0.05) is 12.5 Å². The molecule has 0 radical (unpaired) electrons. The van der Waals surface area contributed by atoms with Gasteiger partial charge in [-0.05, 0) is 38.1 Å². The van der Waals surface area contributed by atoms with Crippen molar-refractivity contribution in [2.75, 3.05) is 26.2 Å². The fourth-order valence-electron chi connectivity index (χ4n) is 2.73. The fraction of sp³-hybridized carbons (Fsp3) is 0.533. The molecule has 0 unspecified atom stereocenters. The second-order valence-corrected chi connectivity index (χ2v) is 5.54. The summed E-state index contributed by atoms with van der Waals surface area (Å²) in [6.45, 7) is 6.29. The maximum Gasteiger partial charge on any atom is 0.439 e. The van der Waals surface area contributed by atoms with Crippen molar-refractivity contribution in [3.63, 3.8) is 0 Å². The van der Waals surface area contributed by atoms with Gasteiger partial charge in [-0.3, -0.25) is 9.51 Å². The number of likely N-dealkylation sites (tertiary alicyclic amines) is 1. The summed E-state index contributed by atoms with van der Waals surface area (Å²) in [6.07, 6.45) is 4.09. The third-order valence-electron chi connectivity index (χ3n) is 3.96. The standard InChI is InChI=1S/C15H20N4O3.ClH/c1-2-19-7-3-4-11(9-19)10-21-12-5-6-13(16-8-12)14-17-15(20)22-18-14;/h5-6,8,11H,2-4,7,9-10H2,1H3,(H,17,18,20);1H/t11-;/m1./s1. The van der Waals surface area contributed by atoms with Crippen molar-refractivity contribution in [3.05, 3.63) is 28.9 Å². The molecule has 7 nitrogen and oxygen atoms in total. The number of hydrogen-bond acceptors (Lipinski definition) is 6. The van der Waals surface area contributed by atoms with Gasteiger partial charge in [0.25, 0.3) is 0 Å². The molecule has 1 N–H and O–H groups in total. The van der Waals surface area contributed by atoms with E-state index in [9.17, 15) is 4.79 Å². The molecular weight excluding hydrogens is 320 g/mol. The highest BCUT2D eigenvalue weighted by Crippen LogP contribution is 2.19. The monoisotopic (exact) mass is 340 g/mol. The topological polar surface area (TPSA) is 84.2 Å². The third-order valence-corrected chi connectivity index (χ3v) is 3.96. The molecule has 1 atom stereocenters. The molecule has 8 heteroatoms. The first kappa shape index (κ1) is 17.5. The second-order valence-electron chi connectivity index (χ2n) is 5.54. The normalized spacial score (nSPS) is 18.4. The van der Waals surface area contributed by atoms with Crippen LogP contribution < -0.4 is 10.5 Å². The van der Waals surface area contributed by atoms with E-state index in [-0.39, 0.29) is 12.4 Å². The SMILES string of the molecule is CCN1CCC[C@@H](COc2ccc(-c3noc(=O)[nH]3)nc2)C1.Cl. The fourth-order valence-corrected chi connectivity index (χ4v) is 2.73. The van der Waals surface area contributed by atoms with Gasteiger partial charge >= 0.3 is 5.76 Å². The number of ether oxygens (including phenoxy) is 1. The van der Waals surface area contributed by atoms with Crippen LogP contribution in [-0.2, 0) is 0 Å². The molecule has 2 aromatic heterocycles. The van der Waals surface area contributed by atoms with Crippen molar-refractivity contribution in [3.8, 4) is 17.3 Å². The maximum atomic E-state index is 10.9. The van der Waals surface area contributed by atoms with E-state index in [1.165, 1.54) is 19.4 Å². The van der Waals surface area contributed by atoms with Gasteiger partial charge in [-0.2, -0.15) is 0 Å². The lowest BCUT2D eigenvalue weighted by atomic mass is 9.99. The lowest BCUT2D eigenvalue weighted by Crippen LogP contribution is -2.37. The zero-order valence-electron chi connectivity index (χ0n) is 13.0. The molecule has 1 saturated heterocycles. The van der Waals surface area contributed by atoms with Gasteiger partial charge in [0.15, 0.2) is 0 Å². The lowest BCUT2D eigenvalue weighted by Gasteiger charge is -2.31. The van der Waals surface area contributed by atoms with Crippen LogP contribution in [0.4, 0.5) is 0 Å². The van der Waals surface area contributed by atoms with Crippen LogP contribution >= 0.6 is 12.4 Å². The Morgan fingerprint density at radius 1 is 1.48 bits per heavy atom. The van der Waals surface area contributed by atoms with E-state index in [1.807, 2.05) is 6.07 Å². The molecule has 0 amide bonds. The predicted molar refractivity (Wildman–Crippen MR) is 87.9 cm³/mol. The van der Waals surface area contributed by atoms with Crippen molar-refractivity contribution in [1.82, 2.24) is 20.0 Å². The van der Waals surface area contributed by atoms with Crippen LogP contribution in [0.1, 0.15) is 19.8 Å². The molecule has 0 bridgehead atoms.